The maximum Gasteiger partial charge on any atom is 0.336 e. The minimum atomic E-state index is -1.14. The predicted octanol–water partition coefficient (Wildman–Crippen LogP) is 2.66. The Hall–Kier alpha value is -2.26. The van der Waals surface area contributed by atoms with Crippen molar-refractivity contribution in [3.05, 3.63) is 63.6 Å². The zero-order valence-electron chi connectivity index (χ0n) is 17.0. The van der Waals surface area contributed by atoms with Gasteiger partial charge < -0.3 is 19.8 Å². The van der Waals surface area contributed by atoms with Crippen molar-refractivity contribution in [3.8, 4) is 0 Å². The second kappa shape index (κ2) is 9.08. The number of aliphatic hydroxyl groups excluding tert-OH is 1. The fraction of sp³-hybridized carbons (Fsp3) is 0.391. The molecule has 164 valence electrons. The van der Waals surface area contributed by atoms with Crippen LogP contribution in [0.15, 0.2) is 46.9 Å². The van der Waals surface area contributed by atoms with Gasteiger partial charge in [-0.1, -0.05) is 22.0 Å². The van der Waals surface area contributed by atoms with E-state index in [0.717, 1.165) is 30.7 Å². The van der Waals surface area contributed by atoms with E-state index in [0.29, 0.717) is 23.8 Å². The SMILES string of the molecule is O=Cc1cc(COC[C@H](O)CN2CC3(C2)CN(c2ccc(Br)cc2)C3)ccc1C(=O)O. The molecule has 0 unspecified atom stereocenters. The molecule has 31 heavy (non-hydrogen) atoms. The molecule has 1 atom stereocenters. The van der Waals surface area contributed by atoms with Crippen LogP contribution in [0.25, 0.3) is 0 Å². The number of ether oxygens (including phenoxy) is 1. The van der Waals surface area contributed by atoms with E-state index in [1.54, 1.807) is 6.07 Å². The van der Waals surface area contributed by atoms with Crippen LogP contribution in [0.1, 0.15) is 26.3 Å². The molecular weight excluding hydrogens is 464 g/mol. The molecule has 4 rings (SSSR count). The third-order valence-corrected chi connectivity index (χ3v) is 6.41. The number of rotatable bonds is 9. The Bertz CT molecular complexity index is 951. The molecule has 2 aliphatic rings. The Kier molecular flexibility index (Phi) is 6.43. The quantitative estimate of drug-likeness (QED) is 0.524. The van der Waals surface area contributed by atoms with E-state index in [2.05, 4.69) is 50.0 Å². The number of halogens is 1. The summed E-state index contributed by atoms with van der Waals surface area (Å²) in [6.07, 6.45) is -0.0661. The lowest BCUT2D eigenvalue weighted by atomic mass is 9.72. The normalized spacial score (nSPS) is 18.3. The van der Waals surface area contributed by atoms with Crippen LogP contribution in [-0.2, 0) is 11.3 Å². The molecule has 0 aliphatic carbocycles. The number of likely N-dealkylation sites (tertiary alicyclic amines) is 1. The van der Waals surface area contributed by atoms with E-state index in [4.69, 9.17) is 9.84 Å². The number of nitrogens with zero attached hydrogens (tertiary/aromatic N) is 2. The number of β-amino-alcohol motifs (C(OH)–C–C–N with tert-alkyl or cyclic N) is 1. The summed E-state index contributed by atoms with van der Waals surface area (Å²) in [6, 6.07) is 12.9. The Morgan fingerprint density at radius 2 is 1.87 bits per heavy atom. The third-order valence-electron chi connectivity index (χ3n) is 5.88. The van der Waals surface area contributed by atoms with Crippen molar-refractivity contribution >= 4 is 33.9 Å². The van der Waals surface area contributed by atoms with E-state index >= 15 is 0 Å². The third kappa shape index (κ3) is 4.98. The van der Waals surface area contributed by atoms with Crippen molar-refractivity contribution in [1.82, 2.24) is 4.90 Å². The van der Waals surface area contributed by atoms with Crippen molar-refractivity contribution in [2.24, 2.45) is 5.41 Å². The minimum absolute atomic E-state index is 0.0276. The molecule has 2 N–H and O–H groups in total. The molecule has 2 aromatic rings. The Morgan fingerprint density at radius 3 is 2.52 bits per heavy atom. The van der Waals surface area contributed by atoms with E-state index < -0.39 is 12.1 Å². The number of aliphatic hydroxyl groups is 1. The molecule has 2 saturated heterocycles. The van der Waals surface area contributed by atoms with E-state index in [1.165, 1.54) is 17.8 Å². The van der Waals surface area contributed by atoms with E-state index in [-0.39, 0.29) is 24.3 Å². The number of carbonyl (C=O) groups excluding carboxylic acids is 1. The number of hydrogen-bond donors (Lipinski definition) is 2. The van der Waals surface area contributed by atoms with Crippen LogP contribution in [0.4, 0.5) is 5.69 Å². The average Bonchev–Trinajstić information content (AvgIpc) is 2.69. The molecule has 2 aromatic carbocycles. The molecule has 8 heteroatoms. The standard InChI is InChI=1S/C23H25BrN2O5/c24-18-2-4-19(5-3-18)26-14-23(15-26)12-25(13-23)8-20(28)11-31-10-16-1-6-21(22(29)30)17(7-16)9-27/h1-7,9,20,28H,8,10-15H2,(H,29,30)/t20-/m1/s1. The van der Waals surface area contributed by atoms with Gasteiger partial charge in [0.1, 0.15) is 0 Å². The smallest absolute Gasteiger partial charge is 0.336 e. The molecule has 2 heterocycles. The van der Waals surface area contributed by atoms with Crippen LogP contribution in [0.3, 0.4) is 0 Å². The average molecular weight is 489 g/mol. The first-order chi connectivity index (χ1) is 14.9. The van der Waals surface area contributed by atoms with Crippen molar-refractivity contribution < 1.29 is 24.5 Å². The highest BCUT2D eigenvalue weighted by molar-refractivity contribution is 9.10. The van der Waals surface area contributed by atoms with Crippen LogP contribution < -0.4 is 4.90 Å². The highest BCUT2D eigenvalue weighted by atomic mass is 79.9. The van der Waals surface area contributed by atoms with Crippen molar-refractivity contribution in [3.63, 3.8) is 0 Å². The lowest BCUT2D eigenvalue weighted by Gasteiger charge is -2.61. The van der Waals surface area contributed by atoms with Gasteiger partial charge in [0, 0.05) is 53.9 Å². The summed E-state index contributed by atoms with van der Waals surface area (Å²) in [4.78, 5) is 26.8. The van der Waals surface area contributed by atoms with E-state index in [9.17, 15) is 14.7 Å². The maximum atomic E-state index is 11.1. The van der Waals surface area contributed by atoms with Crippen molar-refractivity contribution in [1.29, 1.82) is 0 Å². The summed E-state index contributed by atoms with van der Waals surface area (Å²) in [5.74, 6) is -1.14. The molecule has 1 spiro atoms. The first-order valence-electron chi connectivity index (χ1n) is 10.2. The number of carboxylic acid groups (broad SMARTS) is 1. The fourth-order valence-corrected chi connectivity index (χ4v) is 4.75. The summed E-state index contributed by atoms with van der Waals surface area (Å²) in [5.41, 5.74) is 2.38. The molecule has 7 nitrogen and oxygen atoms in total. The largest absolute Gasteiger partial charge is 0.478 e. The van der Waals surface area contributed by atoms with Gasteiger partial charge in [0.05, 0.1) is 24.9 Å². The monoisotopic (exact) mass is 488 g/mol. The molecule has 0 radical (unpaired) electrons. The summed E-state index contributed by atoms with van der Waals surface area (Å²) < 4.78 is 6.66. The number of benzene rings is 2. The number of carboxylic acids is 1. The minimum Gasteiger partial charge on any atom is -0.478 e. The Labute approximate surface area is 189 Å². The highest BCUT2D eigenvalue weighted by Crippen LogP contribution is 2.41. The Balaban J connectivity index is 1.16. The number of hydrogen-bond acceptors (Lipinski definition) is 6. The lowest BCUT2D eigenvalue weighted by molar-refractivity contribution is -0.0615. The van der Waals surface area contributed by atoms with Gasteiger partial charge in [0.15, 0.2) is 6.29 Å². The van der Waals surface area contributed by atoms with Gasteiger partial charge in [-0.25, -0.2) is 4.79 Å². The zero-order chi connectivity index (χ0) is 22.0. The molecule has 2 aliphatic heterocycles. The number of carbonyl (C=O) groups is 2. The molecule has 0 aromatic heterocycles. The van der Waals surface area contributed by atoms with Crippen LogP contribution in [0, 0.1) is 5.41 Å². The van der Waals surface area contributed by atoms with Crippen LogP contribution in [0.2, 0.25) is 0 Å². The predicted molar refractivity (Wildman–Crippen MR) is 120 cm³/mol. The highest BCUT2D eigenvalue weighted by Gasteiger charge is 2.51. The summed E-state index contributed by atoms with van der Waals surface area (Å²) in [5, 5.41) is 19.3. The van der Waals surface area contributed by atoms with Gasteiger partial charge in [0.25, 0.3) is 0 Å². The summed E-state index contributed by atoms with van der Waals surface area (Å²) >= 11 is 3.46. The molecule has 0 saturated carbocycles. The van der Waals surface area contributed by atoms with Crippen molar-refractivity contribution in [2.75, 3.05) is 44.2 Å². The van der Waals surface area contributed by atoms with Gasteiger partial charge in [-0.15, -0.1) is 0 Å². The number of aldehydes is 1. The van der Waals surface area contributed by atoms with Gasteiger partial charge >= 0.3 is 5.97 Å². The molecule has 0 amide bonds. The van der Waals surface area contributed by atoms with Crippen LogP contribution in [0.5, 0.6) is 0 Å². The zero-order valence-corrected chi connectivity index (χ0v) is 18.6. The van der Waals surface area contributed by atoms with Gasteiger partial charge in [-0.2, -0.15) is 0 Å². The van der Waals surface area contributed by atoms with Crippen LogP contribution in [-0.4, -0.2) is 72.8 Å². The summed E-state index contributed by atoms with van der Waals surface area (Å²) in [7, 11) is 0. The molecule has 0 bridgehead atoms. The topological polar surface area (TPSA) is 90.3 Å². The molecular formula is C23H25BrN2O5. The first-order valence-corrected chi connectivity index (χ1v) is 11.0. The number of anilines is 1. The summed E-state index contributed by atoms with van der Waals surface area (Å²) in [6.45, 7) is 5.02. The second-order valence-corrected chi connectivity index (χ2v) is 9.43. The van der Waals surface area contributed by atoms with Crippen LogP contribution >= 0.6 is 15.9 Å². The van der Waals surface area contributed by atoms with Crippen molar-refractivity contribution in [2.45, 2.75) is 12.7 Å². The number of aromatic carboxylic acids is 1. The van der Waals surface area contributed by atoms with Gasteiger partial charge in [-0.3, -0.25) is 9.69 Å². The second-order valence-electron chi connectivity index (χ2n) is 8.52. The first kappa shape index (κ1) is 22.0. The van der Waals surface area contributed by atoms with Gasteiger partial charge in [-0.05, 0) is 42.0 Å². The van der Waals surface area contributed by atoms with E-state index in [1.807, 2.05) is 0 Å². The fourth-order valence-electron chi connectivity index (χ4n) is 4.49. The Morgan fingerprint density at radius 1 is 1.16 bits per heavy atom. The maximum absolute atomic E-state index is 11.1. The van der Waals surface area contributed by atoms with Gasteiger partial charge in [0.2, 0.25) is 0 Å². The lowest BCUT2D eigenvalue weighted by Crippen LogP contribution is -2.72. The molecule has 2 fully saturated rings.